The van der Waals surface area contributed by atoms with Crippen LogP contribution in [0.25, 0.3) is 0 Å². The number of aliphatic hydroxyl groups excluding tert-OH is 1. The van der Waals surface area contributed by atoms with E-state index in [4.69, 9.17) is 0 Å². The molecule has 1 aromatic heterocycles. The lowest BCUT2D eigenvalue weighted by atomic mass is 10.0. The molecule has 0 spiro atoms. The molecule has 0 bridgehead atoms. The van der Waals surface area contributed by atoms with Crippen molar-refractivity contribution in [3.05, 3.63) is 21.9 Å². The molecule has 0 aliphatic carbocycles. The van der Waals surface area contributed by atoms with Gasteiger partial charge in [-0.25, -0.2) is 0 Å². The van der Waals surface area contributed by atoms with E-state index in [-0.39, 0.29) is 11.8 Å². The van der Waals surface area contributed by atoms with Crippen LogP contribution in [0.5, 0.6) is 0 Å². The number of nitrogens with zero attached hydrogens (tertiary/aromatic N) is 4. The van der Waals surface area contributed by atoms with Gasteiger partial charge in [0.1, 0.15) is 12.1 Å². The molecule has 0 aromatic carbocycles. The molecule has 4 saturated heterocycles. The van der Waals surface area contributed by atoms with E-state index < -0.39 is 18.2 Å². The lowest BCUT2D eigenvalue weighted by Gasteiger charge is -2.47. The van der Waals surface area contributed by atoms with Crippen molar-refractivity contribution in [2.75, 3.05) is 39.3 Å². The molecule has 29 heavy (non-hydrogen) atoms. The van der Waals surface area contributed by atoms with Crippen molar-refractivity contribution in [1.82, 2.24) is 19.6 Å². The number of fused-ring (bicyclic) bond motifs is 2. The average Bonchev–Trinajstić information content (AvgIpc) is 3.33. The van der Waals surface area contributed by atoms with Crippen molar-refractivity contribution >= 4 is 23.2 Å². The van der Waals surface area contributed by atoms with Gasteiger partial charge in [0.25, 0.3) is 0 Å². The summed E-state index contributed by atoms with van der Waals surface area (Å²) in [7, 11) is 0. The van der Waals surface area contributed by atoms with Crippen molar-refractivity contribution < 1.29 is 14.7 Å². The third-order valence-corrected chi connectivity index (χ3v) is 7.86. The third-order valence-electron chi connectivity index (χ3n) is 6.80. The normalized spacial score (nSPS) is 31.3. The summed E-state index contributed by atoms with van der Waals surface area (Å²) >= 11 is 1.87. The van der Waals surface area contributed by atoms with Gasteiger partial charge in [-0.05, 0) is 38.1 Å². The topological polar surface area (TPSA) is 67.3 Å². The van der Waals surface area contributed by atoms with Crippen LogP contribution in [0.15, 0.2) is 12.1 Å². The van der Waals surface area contributed by atoms with Crippen molar-refractivity contribution in [3.63, 3.8) is 0 Å². The lowest BCUT2D eigenvalue weighted by Crippen LogP contribution is -2.68. The minimum atomic E-state index is -0.574. The minimum Gasteiger partial charge on any atom is -0.391 e. The fraction of sp³-hybridized carbons (Fsp3) is 0.714. The fourth-order valence-electron chi connectivity index (χ4n) is 5.28. The van der Waals surface area contributed by atoms with E-state index in [0.29, 0.717) is 26.1 Å². The second-order valence-corrected chi connectivity index (χ2v) is 10.1. The highest BCUT2D eigenvalue weighted by Crippen LogP contribution is 2.30. The van der Waals surface area contributed by atoms with Crippen LogP contribution in [-0.4, -0.2) is 94.0 Å². The number of aliphatic hydroxyl groups is 1. The van der Waals surface area contributed by atoms with E-state index in [9.17, 15) is 14.7 Å². The van der Waals surface area contributed by atoms with Crippen LogP contribution in [-0.2, 0) is 22.7 Å². The quantitative estimate of drug-likeness (QED) is 0.781. The van der Waals surface area contributed by atoms with Gasteiger partial charge in [-0.15, -0.1) is 11.3 Å². The van der Waals surface area contributed by atoms with E-state index in [1.54, 1.807) is 9.80 Å². The van der Waals surface area contributed by atoms with Gasteiger partial charge in [0.15, 0.2) is 0 Å². The molecule has 158 valence electrons. The van der Waals surface area contributed by atoms with Gasteiger partial charge in [-0.1, -0.05) is 6.42 Å². The van der Waals surface area contributed by atoms with Crippen molar-refractivity contribution in [2.45, 2.75) is 57.0 Å². The van der Waals surface area contributed by atoms with Crippen LogP contribution in [0.2, 0.25) is 0 Å². The zero-order valence-electron chi connectivity index (χ0n) is 16.8. The van der Waals surface area contributed by atoms with Crippen LogP contribution >= 0.6 is 11.3 Å². The summed E-state index contributed by atoms with van der Waals surface area (Å²) in [6.45, 7) is 6.58. The van der Waals surface area contributed by atoms with Gasteiger partial charge in [0.05, 0.1) is 6.10 Å². The summed E-state index contributed by atoms with van der Waals surface area (Å²) in [5.41, 5.74) is 0. The number of rotatable bonds is 4. The number of likely N-dealkylation sites (tertiary alicyclic amines) is 1. The summed E-state index contributed by atoms with van der Waals surface area (Å²) in [6, 6.07) is 3.62. The molecule has 0 saturated carbocycles. The van der Waals surface area contributed by atoms with E-state index in [1.807, 2.05) is 11.3 Å². The van der Waals surface area contributed by atoms with Crippen LogP contribution < -0.4 is 0 Å². The summed E-state index contributed by atoms with van der Waals surface area (Å²) in [5, 5.41) is 9.92. The maximum atomic E-state index is 12.9. The summed E-state index contributed by atoms with van der Waals surface area (Å²) in [5.74, 6) is 0.0264. The molecular weight excluding hydrogens is 388 g/mol. The van der Waals surface area contributed by atoms with Crippen LogP contribution in [0.4, 0.5) is 0 Å². The Morgan fingerprint density at radius 2 is 1.52 bits per heavy atom. The highest BCUT2D eigenvalue weighted by Gasteiger charge is 2.51. The first-order chi connectivity index (χ1) is 14.1. The second kappa shape index (κ2) is 7.98. The van der Waals surface area contributed by atoms with Crippen LogP contribution in [0, 0.1) is 0 Å². The predicted molar refractivity (Wildman–Crippen MR) is 110 cm³/mol. The Morgan fingerprint density at radius 1 is 0.828 bits per heavy atom. The number of carbonyl (C=O) groups is 2. The van der Waals surface area contributed by atoms with Gasteiger partial charge in [-0.3, -0.25) is 19.4 Å². The molecule has 4 fully saturated rings. The van der Waals surface area contributed by atoms with Gasteiger partial charge in [0, 0.05) is 55.4 Å². The number of piperidine rings is 1. The minimum absolute atomic E-state index is 0.00724. The molecule has 0 unspecified atom stereocenters. The molecule has 1 N–H and O–H groups in total. The Hall–Kier alpha value is -1.48. The maximum absolute atomic E-state index is 12.9. The van der Waals surface area contributed by atoms with Crippen LogP contribution in [0.3, 0.4) is 0 Å². The molecule has 4 aliphatic rings. The monoisotopic (exact) mass is 418 g/mol. The van der Waals surface area contributed by atoms with Gasteiger partial charge < -0.3 is 14.9 Å². The van der Waals surface area contributed by atoms with Crippen molar-refractivity contribution in [2.24, 2.45) is 0 Å². The summed E-state index contributed by atoms with van der Waals surface area (Å²) in [4.78, 5) is 36.7. The molecule has 5 rings (SSSR count). The van der Waals surface area contributed by atoms with Crippen molar-refractivity contribution in [3.8, 4) is 0 Å². The molecule has 5 heterocycles. The molecule has 1 aromatic rings. The van der Waals surface area contributed by atoms with Crippen LogP contribution in [0.1, 0.15) is 35.4 Å². The standard InChI is InChI=1S/C21H30N4O3S/c26-15-10-18-20(27)24-9-8-23(14-19(24)21(28)25(18)11-15)13-17-5-4-16(29-17)12-22-6-2-1-3-7-22/h4-5,15,18-19,26H,1-3,6-14H2/t15-,18+,19-/m1/s1. The average molecular weight is 419 g/mol. The second-order valence-electron chi connectivity index (χ2n) is 8.88. The first-order valence-electron chi connectivity index (χ1n) is 10.9. The van der Waals surface area contributed by atoms with Gasteiger partial charge >= 0.3 is 0 Å². The number of hydrogen-bond donors (Lipinski definition) is 1. The third kappa shape index (κ3) is 3.83. The van der Waals surface area contributed by atoms with Gasteiger partial charge in [0.2, 0.25) is 11.8 Å². The number of amides is 2. The van der Waals surface area contributed by atoms with Gasteiger partial charge in [-0.2, -0.15) is 0 Å². The fourth-order valence-corrected chi connectivity index (χ4v) is 6.39. The van der Waals surface area contributed by atoms with E-state index >= 15 is 0 Å². The first kappa shape index (κ1) is 19.5. The molecule has 7 nitrogen and oxygen atoms in total. The zero-order valence-corrected chi connectivity index (χ0v) is 17.6. The first-order valence-corrected chi connectivity index (χ1v) is 11.7. The van der Waals surface area contributed by atoms with E-state index in [1.165, 1.54) is 42.1 Å². The Morgan fingerprint density at radius 3 is 2.28 bits per heavy atom. The number of piperazine rings is 2. The molecule has 8 heteroatoms. The summed E-state index contributed by atoms with van der Waals surface area (Å²) < 4.78 is 0. The number of carbonyl (C=O) groups excluding carboxylic acids is 2. The van der Waals surface area contributed by atoms with E-state index in [0.717, 1.165) is 19.6 Å². The maximum Gasteiger partial charge on any atom is 0.247 e. The lowest BCUT2D eigenvalue weighted by molar-refractivity contribution is -0.163. The molecule has 4 aliphatic heterocycles. The Bertz CT molecular complexity index is 778. The number of thiophene rings is 1. The zero-order chi connectivity index (χ0) is 20.0. The highest BCUT2D eigenvalue weighted by molar-refractivity contribution is 7.11. The SMILES string of the molecule is O=C1[C@@H]2C[C@@H](O)CN2C(=O)[C@H]2CN(Cc3ccc(CN4CCCCC4)s3)CCN12. The molecular formula is C21H30N4O3S. The Kier molecular flexibility index (Phi) is 5.36. The molecule has 0 radical (unpaired) electrons. The molecule has 2 amide bonds. The highest BCUT2D eigenvalue weighted by atomic mass is 32.1. The molecule has 3 atom stereocenters. The van der Waals surface area contributed by atoms with E-state index in [2.05, 4.69) is 21.9 Å². The summed E-state index contributed by atoms with van der Waals surface area (Å²) in [6.07, 6.45) is 3.79. The predicted octanol–water partition coefficient (Wildman–Crippen LogP) is 0.722. The smallest absolute Gasteiger partial charge is 0.247 e. The largest absolute Gasteiger partial charge is 0.391 e. The Labute approximate surface area is 175 Å². The van der Waals surface area contributed by atoms with Crippen molar-refractivity contribution in [1.29, 1.82) is 0 Å². The number of hydrogen-bond acceptors (Lipinski definition) is 6. The Balaban J connectivity index is 1.21.